The molecule has 0 aromatic heterocycles. The summed E-state index contributed by atoms with van der Waals surface area (Å²) in [6, 6.07) is 5.67. The molecule has 1 fully saturated rings. The Labute approximate surface area is 135 Å². The summed E-state index contributed by atoms with van der Waals surface area (Å²) in [5.41, 5.74) is 0.651. The zero-order chi connectivity index (χ0) is 16.8. The van der Waals surface area contributed by atoms with Crippen LogP contribution >= 0.6 is 0 Å². The Balaban J connectivity index is 2.15. The SMILES string of the molecule is COCCCNC(=O)C1CCC(=O)N(C)C1c1cccc(F)c1. The Hall–Kier alpha value is -1.95. The van der Waals surface area contributed by atoms with Crippen molar-refractivity contribution < 1.29 is 18.7 Å². The Bertz CT molecular complexity index is 565. The summed E-state index contributed by atoms with van der Waals surface area (Å²) >= 11 is 0. The van der Waals surface area contributed by atoms with E-state index in [0.717, 1.165) is 6.42 Å². The van der Waals surface area contributed by atoms with Crippen molar-refractivity contribution in [2.75, 3.05) is 27.3 Å². The van der Waals surface area contributed by atoms with E-state index in [1.807, 2.05) is 0 Å². The number of carbonyl (C=O) groups is 2. The quantitative estimate of drug-likeness (QED) is 0.814. The molecule has 2 rings (SSSR count). The Morgan fingerprint density at radius 2 is 2.26 bits per heavy atom. The lowest BCUT2D eigenvalue weighted by Crippen LogP contribution is -2.46. The van der Waals surface area contributed by atoms with Crippen LogP contribution in [0.3, 0.4) is 0 Å². The molecule has 2 unspecified atom stereocenters. The van der Waals surface area contributed by atoms with E-state index in [0.29, 0.717) is 31.6 Å². The number of carbonyl (C=O) groups excluding carboxylic acids is 2. The van der Waals surface area contributed by atoms with Crippen molar-refractivity contribution in [3.05, 3.63) is 35.6 Å². The van der Waals surface area contributed by atoms with Crippen molar-refractivity contribution in [3.63, 3.8) is 0 Å². The lowest BCUT2D eigenvalue weighted by Gasteiger charge is -2.38. The van der Waals surface area contributed by atoms with Crippen LogP contribution in [0.15, 0.2) is 24.3 Å². The van der Waals surface area contributed by atoms with Crippen LogP contribution in [0, 0.1) is 11.7 Å². The van der Waals surface area contributed by atoms with Crippen molar-refractivity contribution >= 4 is 11.8 Å². The van der Waals surface area contributed by atoms with E-state index in [4.69, 9.17) is 4.74 Å². The molecule has 0 radical (unpaired) electrons. The highest BCUT2D eigenvalue weighted by Gasteiger charge is 2.38. The van der Waals surface area contributed by atoms with Crippen LogP contribution in [-0.2, 0) is 14.3 Å². The first-order chi connectivity index (χ1) is 11.0. The fraction of sp³-hybridized carbons (Fsp3) is 0.529. The fourth-order valence-corrected chi connectivity index (χ4v) is 3.02. The third kappa shape index (κ3) is 4.28. The lowest BCUT2D eigenvalue weighted by molar-refractivity contribution is -0.141. The van der Waals surface area contributed by atoms with Crippen LogP contribution in [0.5, 0.6) is 0 Å². The normalized spacial score (nSPS) is 21.3. The van der Waals surface area contributed by atoms with Gasteiger partial charge >= 0.3 is 0 Å². The molecule has 1 aromatic rings. The number of piperidine rings is 1. The summed E-state index contributed by atoms with van der Waals surface area (Å²) in [4.78, 5) is 26.1. The van der Waals surface area contributed by atoms with Gasteiger partial charge in [0.1, 0.15) is 5.82 Å². The summed E-state index contributed by atoms with van der Waals surface area (Å²) < 4.78 is 18.5. The molecule has 23 heavy (non-hydrogen) atoms. The van der Waals surface area contributed by atoms with Gasteiger partial charge in [0.15, 0.2) is 0 Å². The number of nitrogens with one attached hydrogen (secondary N) is 1. The first-order valence-electron chi connectivity index (χ1n) is 7.82. The molecule has 0 spiro atoms. The summed E-state index contributed by atoms with van der Waals surface area (Å²) in [5.74, 6) is -0.868. The zero-order valence-electron chi connectivity index (χ0n) is 13.5. The van der Waals surface area contributed by atoms with Gasteiger partial charge in [-0.2, -0.15) is 0 Å². The predicted octanol–water partition coefficient (Wildman–Crippen LogP) is 1.89. The Morgan fingerprint density at radius 1 is 1.48 bits per heavy atom. The molecular formula is C17H23FN2O3. The van der Waals surface area contributed by atoms with E-state index < -0.39 is 6.04 Å². The molecule has 126 valence electrons. The number of benzene rings is 1. The van der Waals surface area contributed by atoms with Crippen LogP contribution in [0.4, 0.5) is 4.39 Å². The third-order valence-electron chi connectivity index (χ3n) is 4.21. The predicted molar refractivity (Wildman–Crippen MR) is 84.1 cm³/mol. The van der Waals surface area contributed by atoms with E-state index in [-0.39, 0.29) is 23.5 Å². The van der Waals surface area contributed by atoms with Crippen molar-refractivity contribution in [3.8, 4) is 0 Å². The minimum absolute atomic E-state index is 0.0253. The largest absolute Gasteiger partial charge is 0.385 e. The maximum atomic E-state index is 13.5. The van der Waals surface area contributed by atoms with E-state index in [1.54, 1.807) is 31.2 Å². The number of hydrogen-bond acceptors (Lipinski definition) is 3. The van der Waals surface area contributed by atoms with Gasteiger partial charge in [-0.25, -0.2) is 4.39 Å². The average Bonchev–Trinajstić information content (AvgIpc) is 2.53. The molecule has 1 aliphatic heterocycles. The smallest absolute Gasteiger partial charge is 0.225 e. The van der Waals surface area contributed by atoms with Gasteiger partial charge in [0, 0.05) is 33.7 Å². The molecule has 6 heteroatoms. The number of likely N-dealkylation sites (tertiary alicyclic amines) is 1. The molecular weight excluding hydrogens is 299 g/mol. The maximum absolute atomic E-state index is 13.5. The number of hydrogen-bond donors (Lipinski definition) is 1. The molecule has 0 bridgehead atoms. The van der Waals surface area contributed by atoms with Crippen molar-refractivity contribution in [1.82, 2.24) is 10.2 Å². The highest BCUT2D eigenvalue weighted by atomic mass is 19.1. The molecule has 1 saturated heterocycles. The van der Waals surface area contributed by atoms with Crippen LogP contribution < -0.4 is 5.32 Å². The summed E-state index contributed by atoms with van der Waals surface area (Å²) in [6.07, 6.45) is 1.54. The number of methoxy groups -OCH3 is 1. The standard InChI is InChI=1S/C17H23FN2O3/c1-20-15(21)8-7-14(17(22)19-9-4-10-23-2)16(20)12-5-3-6-13(18)11-12/h3,5-6,11,14,16H,4,7-10H2,1-2H3,(H,19,22). The van der Waals surface area contributed by atoms with Gasteiger partial charge in [-0.1, -0.05) is 12.1 Å². The number of ether oxygens (including phenoxy) is 1. The van der Waals surface area contributed by atoms with Gasteiger partial charge in [-0.05, 0) is 30.5 Å². The number of amides is 2. The first kappa shape index (κ1) is 17.4. The lowest BCUT2D eigenvalue weighted by atomic mass is 9.84. The van der Waals surface area contributed by atoms with Crippen LogP contribution in [-0.4, -0.2) is 44.0 Å². The monoisotopic (exact) mass is 322 g/mol. The van der Waals surface area contributed by atoms with Gasteiger partial charge in [-0.15, -0.1) is 0 Å². The van der Waals surface area contributed by atoms with Crippen LogP contribution in [0.25, 0.3) is 0 Å². The molecule has 2 amide bonds. The minimum Gasteiger partial charge on any atom is -0.385 e. The highest BCUT2D eigenvalue weighted by Crippen LogP contribution is 2.36. The van der Waals surface area contributed by atoms with Crippen molar-refractivity contribution in [2.45, 2.75) is 25.3 Å². The van der Waals surface area contributed by atoms with E-state index in [9.17, 15) is 14.0 Å². The third-order valence-corrected chi connectivity index (χ3v) is 4.21. The van der Waals surface area contributed by atoms with Crippen LogP contribution in [0.2, 0.25) is 0 Å². The molecule has 1 N–H and O–H groups in total. The fourth-order valence-electron chi connectivity index (χ4n) is 3.02. The van der Waals surface area contributed by atoms with Crippen LogP contribution in [0.1, 0.15) is 30.9 Å². The van der Waals surface area contributed by atoms with Gasteiger partial charge < -0.3 is 15.0 Å². The van der Waals surface area contributed by atoms with Gasteiger partial charge in [0.05, 0.1) is 12.0 Å². The molecule has 1 aromatic carbocycles. The van der Waals surface area contributed by atoms with E-state index >= 15 is 0 Å². The zero-order valence-corrected chi connectivity index (χ0v) is 13.5. The second-order valence-corrected chi connectivity index (χ2v) is 5.79. The first-order valence-corrected chi connectivity index (χ1v) is 7.82. The minimum atomic E-state index is -0.436. The number of rotatable bonds is 6. The average molecular weight is 322 g/mol. The number of halogens is 1. The summed E-state index contributed by atoms with van der Waals surface area (Å²) in [7, 11) is 3.28. The molecule has 1 heterocycles. The highest BCUT2D eigenvalue weighted by molar-refractivity contribution is 5.84. The topological polar surface area (TPSA) is 58.6 Å². The van der Waals surface area contributed by atoms with Gasteiger partial charge in [-0.3, -0.25) is 9.59 Å². The summed E-state index contributed by atoms with van der Waals surface area (Å²) in [5, 5.41) is 2.89. The molecule has 2 atom stereocenters. The summed E-state index contributed by atoms with van der Waals surface area (Å²) in [6.45, 7) is 1.10. The van der Waals surface area contributed by atoms with Gasteiger partial charge in [0.2, 0.25) is 11.8 Å². The second kappa shape index (κ2) is 8.06. The maximum Gasteiger partial charge on any atom is 0.225 e. The van der Waals surface area contributed by atoms with Gasteiger partial charge in [0.25, 0.3) is 0 Å². The Kier molecular flexibility index (Phi) is 6.10. The van der Waals surface area contributed by atoms with E-state index in [1.165, 1.54) is 12.1 Å². The van der Waals surface area contributed by atoms with E-state index in [2.05, 4.69) is 5.32 Å². The molecule has 5 nitrogen and oxygen atoms in total. The number of nitrogens with zero attached hydrogens (tertiary/aromatic N) is 1. The van der Waals surface area contributed by atoms with Crippen molar-refractivity contribution in [2.24, 2.45) is 5.92 Å². The molecule has 0 saturated carbocycles. The van der Waals surface area contributed by atoms with Crippen molar-refractivity contribution in [1.29, 1.82) is 0 Å². The molecule has 1 aliphatic rings. The Morgan fingerprint density at radius 3 is 2.96 bits per heavy atom. The molecule has 0 aliphatic carbocycles. The second-order valence-electron chi connectivity index (χ2n) is 5.79.